The van der Waals surface area contributed by atoms with Gasteiger partial charge < -0.3 is 10.6 Å². The van der Waals surface area contributed by atoms with E-state index in [2.05, 4.69) is 4.90 Å². The van der Waals surface area contributed by atoms with Crippen molar-refractivity contribution >= 4 is 18.3 Å². The van der Waals surface area contributed by atoms with Gasteiger partial charge in [0.25, 0.3) is 0 Å². The van der Waals surface area contributed by atoms with Crippen LogP contribution in [0.4, 0.5) is 0 Å². The third-order valence-corrected chi connectivity index (χ3v) is 4.53. The molecule has 1 heterocycles. The summed E-state index contributed by atoms with van der Waals surface area (Å²) < 4.78 is 0. The molecule has 1 saturated carbocycles. The van der Waals surface area contributed by atoms with Crippen molar-refractivity contribution in [2.24, 2.45) is 17.6 Å². The molecule has 1 amide bonds. The van der Waals surface area contributed by atoms with Crippen molar-refractivity contribution in [3.05, 3.63) is 0 Å². The van der Waals surface area contributed by atoms with Crippen molar-refractivity contribution in [3.63, 3.8) is 0 Å². The number of halogens is 1. The van der Waals surface area contributed by atoms with Crippen molar-refractivity contribution in [1.29, 1.82) is 0 Å². The molecule has 0 radical (unpaired) electrons. The summed E-state index contributed by atoms with van der Waals surface area (Å²) in [5.74, 6) is 1.54. The molecule has 4 nitrogen and oxygen atoms in total. The van der Waals surface area contributed by atoms with Crippen LogP contribution in [0.3, 0.4) is 0 Å². The maximum atomic E-state index is 12.0. The molecule has 18 heavy (non-hydrogen) atoms. The van der Waals surface area contributed by atoms with E-state index >= 15 is 0 Å². The van der Waals surface area contributed by atoms with Crippen LogP contribution < -0.4 is 5.73 Å². The SMILES string of the molecule is CC(C(=O)N(C)C)N1CC2CCCC(N)C2C1.Cl. The summed E-state index contributed by atoms with van der Waals surface area (Å²) in [5, 5.41) is 0. The first-order valence-corrected chi connectivity index (χ1v) is 6.71. The first-order chi connectivity index (χ1) is 8.00. The zero-order valence-corrected chi connectivity index (χ0v) is 12.4. The summed E-state index contributed by atoms with van der Waals surface area (Å²) in [6, 6.07) is 0.350. The van der Waals surface area contributed by atoms with Crippen LogP contribution in [0, 0.1) is 11.8 Å². The number of fused-ring (bicyclic) bond motifs is 1. The lowest BCUT2D eigenvalue weighted by Gasteiger charge is -2.30. The van der Waals surface area contributed by atoms with E-state index in [-0.39, 0.29) is 24.4 Å². The summed E-state index contributed by atoms with van der Waals surface area (Å²) in [5.41, 5.74) is 6.20. The minimum absolute atomic E-state index is 0. The molecule has 0 aromatic carbocycles. The van der Waals surface area contributed by atoms with Crippen molar-refractivity contribution in [3.8, 4) is 0 Å². The maximum absolute atomic E-state index is 12.0. The summed E-state index contributed by atoms with van der Waals surface area (Å²) in [6.07, 6.45) is 3.70. The highest BCUT2D eigenvalue weighted by Gasteiger charge is 2.41. The number of likely N-dealkylation sites (N-methyl/N-ethyl adjacent to an activating group) is 1. The van der Waals surface area contributed by atoms with Crippen molar-refractivity contribution in [2.75, 3.05) is 27.2 Å². The van der Waals surface area contributed by atoms with Crippen molar-refractivity contribution in [2.45, 2.75) is 38.3 Å². The van der Waals surface area contributed by atoms with Crippen LogP contribution in [0.5, 0.6) is 0 Å². The molecule has 1 aliphatic carbocycles. The first kappa shape index (κ1) is 15.7. The predicted molar refractivity (Wildman–Crippen MR) is 75.8 cm³/mol. The molecule has 106 valence electrons. The number of hydrogen-bond acceptors (Lipinski definition) is 3. The molecule has 5 heteroatoms. The van der Waals surface area contributed by atoms with Crippen molar-refractivity contribution in [1.82, 2.24) is 9.80 Å². The summed E-state index contributed by atoms with van der Waals surface area (Å²) in [4.78, 5) is 16.0. The molecule has 0 aromatic heterocycles. The predicted octanol–water partition coefficient (Wildman–Crippen LogP) is 0.944. The van der Waals surface area contributed by atoms with Crippen LogP contribution in [0.25, 0.3) is 0 Å². The van der Waals surface area contributed by atoms with E-state index in [1.165, 1.54) is 12.8 Å². The Morgan fingerprint density at radius 1 is 1.33 bits per heavy atom. The molecular weight excluding hydrogens is 250 g/mol. The normalized spacial score (nSPS) is 33.4. The van der Waals surface area contributed by atoms with Gasteiger partial charge in [0.2, 0.25) is 5.91 Å². The largest absolute Gasteiger partial charge is 0.347 e. The van der Waals surface area contributed by atoms with Crippen LogP contribution in [-0.4, -0.2) is 55.0 Å². The topological polar surface area (TPSA) is 49.6 Å². The molecule has 2 rings (SSSR count). The van der Waals surface area contributed by atoms with Gasteiger partial charge in [-0.25, -0.2) is 0 Å². The molecular formula is C13H26ClN3O. The van der Waals surface area contributed by atoms with E-state index in [0.717, 1.165) is 25.4 Å². The molecule has 4 unspecified atom stereocenters. The van der Waals surface area contributed by atoms with Crippen LogP contribution in [-0.2, 0) is 4.79 Å². The highest BCUT2D eigenvalue weighted by molar-refractivity contribution is 5.85. The third-order valence-electron chi connectivity index (χ3n) is 4.53. The van der Waals surface area contributed by atoms with Crippen LogP contribution in [0.15, 0.2) is 0 Å². The highest BCUT2D eigenvalue weighted by atomic mass is 35.5. The molecule has 0 bridgehead atoms. The van der Waals surface area contributed by atoms with Gasteiger partial charge in [-0.05, 0) is 31.6 Å². The fraction of sp³-hybridized carbons (Fsp3) is 0.923. The number of likely N-dealkylation sites (tertiary alicyclic amines) is 1. The van der Waals surface area contributed by atoms with E-state index in [0.29, 0.717) is 12.0 Å². The summed E-state index contributed by atoms with van der Waals surface area (Å²) in [7, 11) is 3.65. The number of amides is 1. The first-order valence-electron chi connectivity index (χ1n) is 6.71. The van der Waals surface area contributed by atoms with Gasteiger partial charge in [-0.1, -0.05) is 6.42 Å². The third kappa shape index (κ3) is 2.98. The zero-order valence-electron chi connectivity index (χ0n) is 11.6. The number of nitrogens with two attached hydrogens (primary N) is 1. The molecule has 0 spiro atoms. The fourth-order valence-electron chi connectivity index (χ4n) is 3.40. The van der Waals surface area contributed by atoms with Crippen LogP contribution >= 0.6 is 12.4 Å². The second-order valence-electron chi connectivity index (χ2n) is 5.88. The Bertz CT molecular complexity index is 298. The molecule has 4 atom stereocenters. The molecule has 1 saturated heterocycles. The Kier molecular flexibility index (Phi) is 5.44. The lowest BCUT2D eigenvalue weighted by atomic mass is 9.78. The number of rotatable bonds is 2. The van der Waals surface area contributed by atoms with E-state index < -0.39 is 0 Å². The van der Waals surface area contributed by atoms with Gasteiger partial charge in [-0.3, -0.25) is 9.69 Å². The standard InChI is InChI=1S/C13H25N3O.ClH/c1-9(13(17)15(2)3)16-7-10-5-4-6-12(14)11(10)8-16;/h9-12H,4-8,14H2,1-3H3;1H. The minimum Gasteiger partial charge on any atom is -0.347 e. The molecule has 2 N–H and O–H groups in total. The lowest BCUT2D eigenvalue weighted by Crippen LogP contribution is -2.44. The van der Waals surface area contributed by atoms with E-state index in [4.69, 9.17) is 5.73 Å². The van der Waals surface area contributed by atoms with Gasteiger partial charge in [0.05, 0.1) is 6.04 Å². The quantitative estimate of drug-likeness (QED) is 0.816. The van der Waals surface area contributed by atoms with Gasteiger partial charge in [-0.2, -0.15) is 0 Å². The maximum Gasteiger partial charge on any atom is 0.239 e. The van der Waals surface area contributed by atoms with Gasteiger partial charge in [0.1, 0.15) is 0 Å². The summed E-state index contributed by atoms with van der Waals surface area (Å²) >= 11 is 0. The lowest BCUT2D eigenvalue weighted by molar-refractivity contribution is -0.133. The highest BCUT2D eigenvalue weighted by Crippen LogP contribution is 2.36. The molecule has 1 aliphatic heterocycles. The Hall–Kier alpha value is -0.320. The molecule has 2 fully saturated rings. The van der Waals surface area contributed by atoms with E-state index in [9.17, 15) is 4.79 Å². The van der Waals surface area contributed by atoms with Gasteiger partial charge in [-0.15, -0.1) is 12.4 Å². The Balaban J connectivity index is 0.00000162. The number of carbonyl (C=O) groups excluding carboxylic acids is 1. The second kappa shape index (κ2) is 6.22. The number of carbonyl (C=O) groups is 1. The average molecular weight is 276 g/mol. The smallest absolute Gasteiger partial charge is 0.239 e. The number of hydrogen-bond donors (Lipinski definition) is 1. The van der Waals surface area contributed by atoms with Crippen LogP contribution in [0.2, 0.25) is 0 Å². The Morgan fingerprint density at radius 3 is 2.56 bits per heavy atom. The van der Waals surface area contributed by atoms with Gasteiger partial charge in [0.15, 0.2) is 0 Å². The molecule has 2 aliphatic rings. The van der Waals surface area contributed by atoms with Gasteiger partial charge >= 0.3 is 0 Å². The minimum atomic E-state index is 0. The average Bonchev–Trinajstić information content (AvgIpc) is 2.72. The van der Waals surface area contributed by atoms with Crippen LogP contribution in [0.1, 0.15) is 26.2 Å². The van der Waals surface area contributed by atoms with E-state index in [1.54, 1.807) is 4.90 Å². The monoisotopic (exact) mass is 275 g/mol. The molecule has 0 aromatic rings. The van der Waals surface area contributed by atoms with Gasteiger partial charge in [0, 0.05) is 33.2 Å². The number of nitrogens with zero attached hydrogens (tertiary/aromatic N) is 2. The summed E-state index contributed by atoms with van der Waals surface area (Å²) in [6.45, 7) is 4.08. The fourth-order valence-corrected chi connectivity index (χ4v) is 3.40. The van der Waals surface area contributed by atoms with Crippen molar-refractivity contribution < 1.29 is 4.79 Å². The Morgan fingerprint density at radius 2 is 2.00 bits per heavy atom. The van der Waals surface area contributed by atoms with E-state index in [1.807, 2.05) is 21.0 Å². The Labute approximate surface area is 116 Å². The second-order valence-corrected chi connectivity index (χ2v) is 5.88. The zero-order chi connectivity index (χ0) is 12.6.